The van der Waals surface area contributed by atoms with Crippen molar-refractivity contribution in [3.8, 4) is 0 Å². The van der Waals surface area contributed by atoms with Gasteiger partial charge in [-0.05, 0) is 53.6 Å². The van der Waals surface area contributed by atoms with Crippen LogP contribution in [0.2, 0.25) is 10.0 Å². The minimum absolute atomic E-state index is 0.180. The molecule has 0 saturated carbocycles. The van der Waals surface area contributed by atoms with Gasteiger partial charge in [-0.2, -0.15) is 0 Å². The van der Waals surface area contributed by atoms with Crippen molar-refractivity contribution in [3.63, 3.8) is 0 Å². The first-order valence-corrected chi connectivity index (χ1v) is 7.55. The first-order valence-electron chi connectivity index (χ1n) is 6.36. The zero-order valence-electron chi connectivity index (χ0n) is 10.3. The average molecular weight is 312 g/mol. The molecule has 1 atom stereocenters. The predicted octanol–water partition coefficient (Wildman–Crippen LogP) is 5.81. The predicted molar refractivity (Wildman–Crippen MR) is 82.6 cm³/mol. The first-order chi connectivity index (χ1) is 9.15. The quantitative estimate of drug-likeness (QED) is 0.614. The SMILES string of the molecule is Clc1ccc(C(Cl)c2ccc3c(c2)CCC3)cc1Cl. The molecule has 98 valence electrons. The van der Waals surface area contributed by atoms with Crippen molar-refractivity contribution in [2.24, 2.45) is 0 Å². The summed E-state index contributed by atoms with van der Waals surface area (Å²) in [7, 11) is 0. The third-order valence-corrected chi connectivity index (χ3v) is 4.89. The van der Waals surface area contributed by atoms with E-state index >= 15 is 0 Å². The second-order valence-corrected chi connectivity index (χ2v) is 6.17. The lowest BCUT2D eigenvalue weighted by atomic mass is 10.00. The van der Waals surface area contributed by atoms with E-state index in [9.17, 15) is 0 Å². The van der Waals surface area contributed by atoms with Crippen molar-refractivity contribution in [1.82, 2.24) is 0 Å². The smallest absolute Gasteiger partial charge is 0.0836 e. The van der Waals surface area contributed by atoms with Crippen molar-refractivity contribution in [2.75, 3.05) is 0 Å². The number of hydrogen-bond acceptors (Lipinski definition) is 0. The molecule has 19 heavy (non-hydrogen) atoms. The van der Waals surface area contributed by atoms with Gasteiger partial charge in [0.05, 0.1) is 15.4 Å². The fourth-order valence-electron chi connectivity index (χ4n) is 2.61. The van der Waals surface area contributed by atoms with E-state index in [-0.39, 0.29) is 5.38 Å². The van der Waals surface area contributed by atoms with Crippen LogP contribution in [-0.4, -0.2) is 0 Å². The van der Waals surface area contributed by atoms with E-state index in [0.717, 1.165) is 17.5 Å². The monoisotopic (exact) mass is 310 g/mol. The Hall–Kier alpha value is -0.690. The maximum atomic E-state index is 6.56. The molecule has 0 aliphatic heterocycles. The third kappa shape index (κ3) is 2.63. The molecule has 0 saturated heterocycles. The van der Waals surface area contributed by atoms with Crippen molar-refractivity contribution < 1.29 is 0 Å². The van der Waals surface area contributed by atoms with E-state index in [0.29, 0.717) is 10.0 Å². The lowest BCUT2D eigenvalue weighted by molar-refractivity contribution is 0.911. The van der Waals surface area contributed by atoms with Gasteiger partial charge in [-0.3, -0.25) is 0 Å². The Morgan fingerprint density at radius 1 is 0.789 bits per heavy atom. The third-order valence-electron chi connectivity index (χ3n) is 3.65. The van der Waals surface area contributed by atoms with Crippen LogP contribution in [0.25, 0.3) is 0 Å². The molecule has 0 aromatic heterocycles. The lowest BCUT2D eigenvalue weighted by Gasteiger charge is -2.13. The molecule has 0 fully saturated rings. The molecule has 1 unspecified atom stereocenters. The molecule has 0 radical (unpaired) electrons. The molecule has 0 bridgehead atoms. The highest BCUT2D eigenvalue weighted by molar-refractivity contribution is 6.42. The second kappa shape index (κ2) is 5.36. The number of fused-ring (bicyclic) bond motifs is 1. The van der Waals surface area contributed by atoms with Crippen LogP contribution in [-0.2, 0) is 12.8 Å². The van der Waals surface area contributed by atoms with Crippen molar-refractivity contribution in [1.29, 1.82) is 0 Å². The Kier molecular flexibility index (Phi) is 3.75. The zero-order chi connectivity index (χ0) is 13.4. The van der Waals surface area contributed by atoms with E-state index in [4.69, 9.17) is 34.8 Å². The average Bonchev–Trinajstić information content (AvgIpc) is 2.88. The van der Waals surface area contributed by atoms with Gasteiger partial charge in [0.15, 0.2) is 0 Å². The lowest BCUT2D eigenvalue weighted by Crippen LogP contribution is -1.95. The van der Waals surface area contributed by atoms with E-state index in [1.54, 1.807) is 6.07 Å². The molecule has 0 nitrogen and oxygen atoms in total. The number of rotatable bonds is 2. The summed E-state index contributed by atoms with van der Waals surface area (Å²) in [5.74, 6) is 0. The van der Waals surface area contributed by atoms with Gasteiger partial charge >= 0.3 is 0 Å². The number of alkyl halides is 1. The topological polar surface area (TPSA) is 0 Å². The van der Waals surface area contributed by atoms with Crippen molar-refractivity contribution >= 4 is 34.8 Å². The van der Waals surface area contributed by atoms with Gasteiger partial charge in [0.2, 0.25) is 0 Å². The number of hydrogen-bond donors (Lipinski definition) is 0. The highest BCUT2D eigenvalue weighted by Crippen LogP contribution is 2.35. The molecule has 1 aliphatic rings. The summed E-state index contributed by atoms with van der Waals surface area (Å²) in [6, 6.07) is 12.1. The Balaban J connectivity index is 1.94. The molecule has 3 rings (SSSR count). The Labute approximate surface area is 128 Å². The standard InChI is InChI=1S/C16H13Cl3/c17-14-7-6-13(9-15(14)18)16(19)12-5-4-10-2-1-3-11(10)8-12/h4-9,16H,1-3H2. The maximum Gasteiger partial charge on any atom is 0.0836 e. The Morgan fingerprint density at radius 3 is 2.26 bits per heavy atom. The molecule has 3 heteroatoms. The van der Waals surface area contributed by atoms with Gasteiger partial charge in [-0.15, -0.1) is 11.6 Å². The summed E-state index contributed by atoms with van der Waals surface area (Å²) < 4.78 is 0. The van der Waals surface area contributed by atoms with E-state index < -0.39 is 0 Å². The van der Waals surface area contributed by atoms with Crippen molar-refractivity contribution in [2.45, 2.75) is 24.6 Å². The van der Waals surface area contributed by atoms with E-state index in [1.165, 1.54) is 24.0 Å². The van der Waals surface area contributed by atoms with E-state index in [2.05, 4.69) is 18.2 Å². The van der Waals surface area contributed by atoms with Gasteiger partial charge in [-0.25, -0.2) is 0 Å². The minimum Gasteiger partial charge on any atom is -0.113 e. The highest BCUT2D eigenvalue weighted by atomic mass is 35.5. The molecule has 0 heterocycles. The van der Waals surface area contributed by atoms with Crippen LogP contribution in [0.15, 0.2) is 36.4 Å². The molecule has 0 spiro atoms. The summed E-state index contributed by atoms with van der Waals surface area (Å²) in [5.41, 5.74) is 5.00. The summed E-state index contributed by atoms with van der Waals surface area (Å²) in [6.45, 7) is 0. The van der Waals surface area contributed by atoms with Crippen molar-refractivity contribution in [3.05, 3.63) is 68.7 Å². The molecule has 2 aromatic rings. The number of benzene rings is 2. The Bertz CT molecular complexity index is 619. The Morgan fingerprint density at radius 2 is 1.47 bits per heavy atom. The minimum atomic E-state index is -0.180. The van der Waals surface area contributed by atoms with Crippen LogP contribution < -0.4 is 0 Å². The van der Waals surface area contributed by atoms with Crippen LogP contribution in [0.3, 0.4) is 0 Å². The zero-order valence-corrected chi connectivity index (χ0v) is 12.6. The summed E-state index contributed by atoms with van der Waals surface area (Å²) in [6.07, 6.45) is 3.60. The van der Waals surface area contributed by atoms with Gasteiger partial charge < -0.3 is 0 Å². The molecular formula is C16H13Cl3. The number of aryl methyl sites for hydroxylation is 2. The highest BCUT2D eigenvalue weighted by Gasteiger charge is 2.16. The first kappa shape index (κ1) is 13.3. The second-order valence-electron chi connectivity index (χ2n) is 4.92. The van der Waals surface area contributed by atoms with Gasteiger partial charge in [0, 0.05) is 0 Å². The molecule has 0 N–H and O–H groups in total. The summed E-state index contributed by atoms with van der Waals surface area (Å²) in [4.78, 5) is 0. The van der Waals surface area contributed by atoms with Crippen LogP contribution in [0.5, 0.6) is 0 Å². The van der Waals surface area contributed by atoms with Gasteiger partial charge in [0.25, 0.3) is 0 Å². The molecule has 2 aromatic carbocycles. The van der Waals surface area contributed by atoms with Gasteiger partial charge in [-0.1, -0.05) is 47.5 Å². The van der Waals surface area contributed by atoms with Crippen LogP contribution in [0.1, 0.15) is 34.1 Å². The largest absolute Gasteiger partial charge is 0.113 e. The number of halogens is 3. The summed E-state index contributed by atoms with van der Waals surface area (Å²) >= 11 is 18.5. The van der Waals surface area contributed by atoms with Crippen LogP contribution >= 0.6 is 34.8 Å². The van der Waals surface area contributed by atoms with Crippen LogP contribution in [0.4, 0.5) is 0 Å². The molecular weight excluding hydrogens is 299 g/mol. The molecule has 0 amide bonds. The molecule has 1 aliphatic carbocycles. The maximum absolute atomic E-state index is 6.56. The van der Waals surface area contributed by atoms with E-state index in [1.807, 2.05) is 12.1 Å². The fraction of sp³-hybridized carbons (Fsp3) is 0.250. The van der Waals surface area contributed by atoms with Gasteiger partial charge in [0.1, 0.15) is 0 Å². The van der Waals surface area contributed by atoms with Crippen LogP contribution in [0, 0.1) is 0 Å². The summed E-state index contributed by atoms with van der Waals surface area (Å²) in [5, 5.41) is 0.926. The fourth-order valence-corrected chi connectivity index (χ4v) is 3.19. The normalized spacial score (nSPS) is 15.3.